The third kappa shape index (κ3) is 5.21. The van der Waals surface area contributed by atoms with Crippen molar-refractivity contribution in [2.24, 2.45) is 5.92 Å². The van der Waals surface area contributed by atoms with Gasteiger partial charge in [0.15, 0.2) is 5.11 Å². The fourth-order valence-electron chi connectivity index (χ4n) is 3.65. The first-order valence-corrected chi connectivity index (χ1v) is 9.87. The summed E-state index contributed by atoms with van der Waals surface area (Å²) >= 11 is 5.43. The summed E-state index contributed by atoms with van der Waals surface area (Å²) in [6.07, 6.45) is 2.65. The number of rotatable bonds is 4. The number of benzene rings is 2. The Morgan fingerprint density at radius 3 is 2.46 bits per heavy atom. The van der Waals surface area contributed by atoms with Crippen LogP contribution in [0.1, 0.15) is 36.5 Å². The molecule has 0 amide bonds. The molecule has 1 saturated heterocycles. The van der Waals surface area contributed by atoms with Crippen LogP contribution in [0.25, 0.3) is 0 Å². The van der Waals surface area contributed by atoms with Gasteiger partial charge in [-0.05, 0) is 85.8 Å². The molecule has 3 nitrogen and oxygen atoms in total. The number of nitrogens with zero attached hydrogens (tertiary/aromatic N) is 1. The zero-order valence-electron chi connectivity index (χ0n) is 16.0. The minimum absolute atomic E-state index is 0.656. The lowest BCUT2D eigenvalue weighted by Gasteiger charge is -2.32. The van der Waals surface area contributed by atoms with Crippen LogP contribution in [-0.4, -0.2) is 18.2 Å². The lowest BCUT2D eigenvalue weighted by molar-refractivity contribution is 0.447. The SMILES string of the molecule is Cc1cc(C)cc(NC(=S)NCc2ccc(N3CCC[C@@H](C)C3)cc2)c1. The van der Waals surface area contributed by atoms with Gasteiger partial charge >= 0.3 is 0 Å². The van der Waals surface area contributed by atoms with Crippen molar-refractivity contribution in [3.8, 4) is 0 Å². The quantitative estimate of drug-likeness (QED) is 0.742. The molecule has 0 aliphatic carbocycles. The van der Waals surface area contributed by atoms with Gasteiger partial charge in [0, 0.05) is 31.0 Å². The van der Waals surface area contributed by atoms with Crippen molar-refractivity contribution in [1.29, 1.82) is 0 Å². The molecule has 138 valence electrons. The van der Waals surface area contributed by atoms with Crippen molar-refractivity contribution in [3.05, 3.63) is 59.2 Å². The van der Waals surface area contributed by atoms with Crippen molar-refractivity contribution in [2.45, 2.75) is 40.2 Å². The first kappa shape index (κ1) is 18.7. The second kappa shape index (κ2) is 8.54. The molecule has 2 aromatic carbocycles. The van der Waals surface area contributed by atoms with E-state index in [0.717, 1.165) is 18.2 Å². The summed E-state index contributed by atoms with van der Waals surface area (Å²) in [4.78, 5) is 2.50. The average Bonchev–Trinajstić information content (AvgIpc) is 2.59. The van der Waals surface area contributed by atoms with Crippen LogP contribution in [0.15, 0.2) is 42.5 Å². The van der Waals surface area contributed by atoms with Gasteiger partial charge in [-0.25, -0.2) is 0 Å². The summed E-state index contributed by atoms with van der Waals surface area (Å²) in [5.74, 6) is 0.791. The van der Waals surface area contributed by atoms with E-state index in [0.29, 0.717) is 5.11 Å². The summed E-state index contributed by atoms with van der Waals surface area (Å²) in [6.45, 7) is 9.60. The van der Waals surface area contributed by atoms with Crippen molar-refractivity contribution >= 4 is 28.7 Å². The third-order valence-corrected chi connectivity index (χ3v) is 5.14. The Morgan fingerprint density at radius 2 is 1.81 bits per heavy atom. The molecular formula is C22H29N3S. The van der Waals surface area contributed by atoms with E-state index in [1.165, 1.54) is 48.3 Å². The van der Waals surface area contributed by atoms with Crippen LogP contribution in [0, 0.1) is 19.8 Å². The Bertz CT molecular complexity index is 734. The van der Waals surface area contributed by atoms with Crippen LogP contribution < -0.4 is 15.5 Å². The molecule has 0 aromatic heterocycles. The largest absolute Gasteiger partial charge is 0.371 e. The monoisotopic (exact) mass is 367 g/mol. The predicted octanol–water partition coefficient (Wildman–Crippen LogP) is 5.03. The highest BCUT2D eigenvalue weighted by molar-refractivity contribution is 7.80. The van der Waals surface area contributed by atoms with Gasteiger partial charge in [0.1, 0.15) is 0 Å². The second-order valence-corrected chi connectivity index (χ2v) is 7.95. The highest BCUT2D eigenvalue weighted by Gasteiger charge is 2.16. The van der Waals surface area contributed by atoms with E-state index in [1.807, 2.05) is 0 Å². The van der Waals surface area contributed by atoms with Gasteiger partial charge in [-0.3, -0.25) is 0 Å². The maximum absolute atomic E-state index is 5.43. The molecule has 1 heterocycles. The highest BCUT2D eigenvalue weighted by Crippen LogP contribution is 2.23. The maximum Gasteiger partial charge on any atom is 0.171 e. The Hall–Kier alpha value is -2.07. The van der Waals surface area contributed by atoms with E-state index in [1.54, 1.807) is 0 Å². The summed E-state index contributed by atoms with van der Waals surface area (Å²) in [5, 5.41) is 7.23. The summed E-state index contributed by atoms with van der Waals surface area (Å²) in [7, 11) is 0. The van der Waals surface area contributed by atoms with Crippen LogP contribution in [0.2, 0.25) is 0 Å². The van der Waals surface area contributed by atoms with Crippen molar-refractivity contribution in [2.75, 3.05) is 23.3 Å². The molecule has 26 heavy (non-hydrogen) atoms. The molecule has 1 fully saturated rings. The lowest BCUT2D eigenvalue weighted by atomic mass is 9.99. The van der Waals surface area contributed by atoms with Gasteiger partial charge < -0.3 is 15.5 Å². The Kier molecular flexibility index (Phi) is 6.15. The summed E-state index contributed by atoms with van der Waals surface area (Å²) < 4.78 is 0. The lowest BCUT2D eigenvalue weighted by Crippen LogP contribution is -2.34. The normalized spacial score (nSPS) is 17.0. The van der Waals surface area contributed by atoms with Crippen LogP contribution in [0.5, 0.6) is 0 Å². The number of aryl methyl sites for hydroxylation is 2. The van der Waals surface area contributed by atoms with Crippen LogP contribution in [-0.2, 0) is 6.54 Å². The molecule has 0 unspecified atom stereocenters. The maximum atomic E-state index is 5.43. The van der Waals surface area contributed by atoms with E-state index in [4.69, 9.17) is 12.2 Å². The van der Waals surface area contributed by atoms with Gasteiger partial charge in [0.2, 0.25) is 0 Å². The molecule has 0 radical (unpaired) electrons. The van der Waals surface area contributed by atoms with E-state index in [-0.39, 0.29) is 0 Å². The van der Waals surface area contributed by atoms with Gasteiger partial charge in [0.05, 0.1) is 0 Å². The first-order chi connectivity index (χ1) is 12.5. The molecule has 4 heteroatoms. The Morgan fingerprint density at radius 1 is 1.12 bits per heavy atom. The topological polar surface area (TPSA) is 27.3 Å². The summed E-state index contributed by atoms with van der Waals surface area (Å²) in [6, 6.07) is 15.2. The molecule has 1 atom stereocenters. The van der Waals surface area contributed by atoms with Crippen molar-refractivity contribution in [1.82, 2.24) is 5.32 Å². The smallest absolute Gasteiger partial charge is 0.171 e. The van der Waals surface area contributed by atoms with Crippen LogP contribution >= 0.6 is 12.2 Å². The predicted molar refractivity (Wildman–Crippen MR) is 116 cm³/mol. The minimum atomic E-state index is 0.656. The van der Waals surface area contributed by atoms with Crippen LogP contribution in [0.4, 0.5) is 11.4 Å². The van der Waals surface area contributed by atoms with E-state index in [9.17, 15) is 0 Å². The number of nitrogens with one attached hydrogen (secondary N) is 2. The molecule has 2 N–H and O–H groups in total. The standard InChI is InChI=1S/C22H29N3S/c1-16-5-4-10-25(15-16)21-8-6-19(7-9-21)14-23-22(26)24-20-12-17(2)11-18(3)13-20/h6-9,11-13,16H,4-5,10,14-15H2,1-3H3,(H2,23,24,26)/t16-/m1/s1. The number of anilines is 2. The Balaban J connectivity index is 1.52. The fraction of sp³-hybridized carbons (Fsp3) is 0.409. The molecule has 1 aliphatic rings. The van der Waals surface area contributed by atoms with E-state index >= 15 is 0 Å². The molecule has 1 aliphatic heterocycles. The number of hydrogen-bond donors (Lipinski definition) is 2. The zero-order chi connectivity index (χ0) is 18.5. The molecule has 0 saturated carbocycles. The van der Waals surface area contributed by atoms with Crippen molar-refractivity contribution < 1.29 is 0 Å². The molecule has 3 rings (SSSR count). The number of hydrogen-bond acceptors (Lipinski definition) is 2. The summed E-state index contributed by atoms with van der Waals surface area (Å²) in [5.41, 5.74) is 6.07. The van der Waals surface area contributed by atoms with Crippen LogP contribution in [0.3, 0.4) is 0 Å². The zero-order valence-corrected chi connectivity index (χ0v) is 16.8. The van der Waals surface area contributed by atoms with E-state index in [2.05, 4.69) is 78.8 Å². The molecule has 0 bridgehead atoms. The van der Waals surface area contributed by atoms with Gasteiger partial charge in [-0.1, -0.05) is 25.1 Å². The first-order valence-electron chi connectivity index (χ1n) is 9.46. The minimum Gasteiger partial charge on any atom is -0.371 e. The molecular weight excluding hydrogens is 338 g/mol. The second-order valence-electron chi connectivity index (χ2n) is 7.54. The van der Waals surface area contributed by atoms with E-state index < -0.39 is 0 Å². The average molecular weight is 368 g/mol. The number of piperidine rings is 1. The number of thiocarbonyl (C=S) groups is 1. The molecule has 0 spiro atoms. The molecule has 2 aromatic rings. The van der Waals surface area contributed by atoms with Crippen molar-refractivity contribution in [3.63, 3.8) is 0 Å². The highest BCUT2D eigenvalue weighted by atomic mass is 32.1. The van der Waals surface area contributed by atoms with Gasteiger partial charge in [-0.2, -0.15) is 0 Å². The van der Waals surface area contributed by atoms with Gasteiger partial charge in [0.25, 0.3) is 0 Å². The Labute approximate surface area is 162 Å². The fourth-order valence-corrected chi connectivity index (χ4v) is 3.84. The van der Waals surface area contributed by atoms with Gasteiger partial charge in [-0.15, -0.1) is 0 Å². The third-order valence-electron chi connectivity index (χ3n) is 4.89.